The number of aliphatic hydroxyl groups is 1. The van der Waals surface area contributed by atoms with Crippen LogP contribution < -0.4 is 0 Å². The second-order valence-electron chi connectivity index (χ2n) is 2.92. The van der Waals surface area contributed by atoms with E-state index in [2.05, 4.69) is 0 Å². The van der Waals surface area contributed by atoms with Gasteiger partial charge in [-0.2, -0.15) is 0 Å². The molecule has 1 saturated heterocycles. The standard InChI is InChI=1S/C9H16O2/c1-2-3-6-9-8(10)5-4-7-11-9/h2-3,8-10H,4-7H2,1H3/b3-2+/t8-,9+/m1/s1. The highest BCUT2D eigenvalue weighted by Gasteiger charge is 2.21. The zero-order valence-electron chi connectivity index (χ0n) is 6.99. The largest absolute Gasteiger partial charge is 0.390 e. The Bertz CT molecular complexity index is 132. The number of hydrogen-bond acceptors (Lipinski definition) is 2. The van der Waals surface area contributed by atoms with Gasteiger partial charge in [0, 0.05) is 6.61 Å². The molecule has 1 fully saturated rings. The fourth-order valence-corrected chi connectivity index (χ4v) is 1.32. The van der Waals surface area contributed by atoms with Crippen LogP contribution in [-0.4, -0.2) is 23.9 Å². The Kier molecular flexibility index (Phi) is 3.60. The van der Waals surface area contributed by atoms with Crippen LogP contribution >= 0.6 is 0 Å². The molecule has 0 spiro atoms. The summed E-state index contributed by atoms with van der Waals surface area (Å²) in [6.45, 7) is 2.79. The van der Waals surface area contributed by atoms with Crippen LogP contribution in [0.4, 0.5) is 0 Å². The van der Waals surface area contributed by atoms with Gasteiger partial charge in [0.15, 0.2) is 0 Å². The van der Waals surface area contributed by atoms with Crippen LogP contribution in [0.25, 0.3) is 0 Å². The molecule has 0 radical (unpaired) electrons. The molecule has 1 heterocycles. The zero-order valence-corrected chi connectivity index (χ0v) is 6.99. The van der Waals surface area contributed by atoms with E-state index >= 15 is 0 Å². The van der Waals surface area contributed by atoms with Crippen LogP contribution in [-0.2, 0) is 4.74 Å². The SMILES string of the molecule is C/C=C/C[C@@H]1OCCC[C@H]1O. The van der Waals surface area contributed by atoms with Crippen LogP contribution in [0.2, 0.25) is 0 Å². The average molecular weight is 156 g/mol. The van der Waals surface area contributed by atoms with Crippen molar-refractivity contribution in [3.05, 3.63) is 12.2 Å². The summed E-state index contributed by atoms with van der Waals surface area (Å²) in [6, 6.07) is 0. The Morgan fingerprint density at radius 1 is 1.64 bits per heavy atom. The van der Waals surface area contributed by atoms with Crippen LogP contribution in [0.5, 0.6) is 0 Å². The van der Waals surface area contributed by atoms with Gasteiger partial charge in [-0.15, -0.1) is 0 Å². The molecule has 1 aliphatic heterocycles. The second-order valence-corrected chi connectivity index (χ2v) is 2.92. The lowest BCUT2D eigenvalue weighted by Gasteiger charge is -2.26. The minimum absolute atomic E-state index is 0.0416. The molecule has 0 amide bonds. The van der Waals surface area contributed by atoms with Gasteiger partial charge in [-0.3, -0.25) is 0 Å². The molecule has 0 aromatic rings. The van der Waals surface area contributed by atoms with Gasteiger partial charge in [0.25, 0.3) is 0 Å². The smallest absolute Gasteiger partial charge is 0.0868 e. The summed E-state index contributed by atoms with van der Waals surface area (Å²) >= 11 is 0. The van der Waals surface area contributed by atoms with E-state index in [1.807, 2.05) is 19.1 Å². The summed E-state index contributed by atoms with van der Waals surface area (Å²) in [5.41, 5.74) is 0. The first-order valence-corrected chi connectivity index (χ1v) is 4.25. The molecule has 2 nitrogen and oxygen atoms in total. The Balaban J connectivity index is 2.29. The minimum atomic E-state index is -0.250. The number of hydrogen-bond donors (Lipinski definition) is 1. The molecule has 1 N–H and O–H groups in total. The second kappa shape index (κ2) is 4.52. The predicted molar refractivity (Wildman–Crippen MR) is 44.4 cm³/mol. The quantitative estimate of drug-likeness (QED) is 0.614. The van der Waals surface area contributed by atoms with Crippen LogP contribution in [0.15, 0.2) is 12.2 Å². The lowest BCUT2D eigenvalue weighted by molar-refractivity contribution is -0.0713. The summed E-state index contributed by atoms with van der Waals surface area (Å²) in [5.74, 6) is 0. The molecule has 0 aliphatic carbocycles. The number of ether oxygens (including phenoxy) is 1. The fourth-order valence-electron chi connectivity index (χ4n) is 1.32. The van der Waals surface area contributed by atoms with Crippen molar-refractivity contribution in [3.8, 4) is 0 Å². The molecule has 0 bridgehead atoms. The van der Waals surface area contributed by atoms with E-state index in [1.54, 1.807) is 0 Å². The van der Waals surface area contributed by atoms with E-state index in [9.17, 15) is 5.11 Å². The van der Waals surface area contributed by atoms with Crippen LogP contribution in [0, 0.1) is 0 Å². The fraction of sp³-hybridized carbons (Fsp3) is 0.778. The van der Waals surface area contributed by atoms with Crippen LogP contribution in [0.1, 0.15) is 26.2 Å². The molecule has 1 rings (SSSR count). The highest BCUT2D eigenvalue weighted by molar-refractivity contribution is 4.85. The molecule has 11 heavy (non-hydrogen) atoms. The van der Waals surface area contributed by atoms with E-state index in [4.69, 9.17) is 4.74 Å². The molecule has 0 unspecified atom stereocenters. The van der Waals surface area contributed by atoms with Crippen molar-refractivity contribution in [1.29, 1.82) is 0 Å². The van der Waals surface area contributed by atoms with Crippen molar-refractivity contribution in [3.63, 3.8) is 0 Å². The third kappa shape index (κ3) is 2.64. The maximum atomic E-state index is 9.44. The maximum absolute atomic E-state index is 9.44. The van der Waals surface area contributed by atoms with E-state index in [-0.39, 0.29) is 12.2 Å². The molecule has 0 saturated carbocycles. The van der Waals surface area contributed by atoms with Crippen molar-refractivity contribution in [1.82, 2.24) is 0 Å². The number of allylic oxidation sites excluding steroid dienone is 1. The zero-order chi connectivity index (χ0) is 8.10. The Morgan fingerprint density at radius 3 is 3.09 bits per heavy atom. The monoisotopic (exact) mass is 156 g/mol. The van der Waals surface area contributed by atoms with Crippen molar-refractivity contribution in [2.45, 2.75) is 38.4 Å². The van der Waals surface area contributed by atoms with Gasteiger partial charge in [-0.25, -0.2) is 0 Å². The Labute approximate surface area is 67.9 Å². The van der Waals surface area contributed by atoms with Gasteiger partial charge in [-0.1, -0.05) is 12.2 Å². The molecule has 64 valence electrons. The van der Waals surface area contributed by atoms with Gasteiger partial charge < -0.3 is 9.84 Å². The maximum Gasteiger partial charge on any atom is 0.0868 e. The van der Waals surface area contributed by atoms with Crippen molar-refractivity contribution in [2.24, 2.45) is 0 Å². The number of rotatable bonds is 2. The molecular formula is C9H16O2. The van der Waals surface area contributed by atoms with Crippen molar-refractivity contribution in [2.75, 3.05) is 6.61 Å². The normalized spacial score (nSPS) is 32.9. The van der Waals surface area contributed by atoms with Crippen molar-refractivity contribution < 1.29 is 9.84 Å². The van der Waals surface area contributed by atoms with E-state index in [0.29, 0.717) is 0 Å². The summed E-state index contributed by atoms with van der Waals surface area (Å²) in [5, 5.41) is 9.44. The summed E-state index contributed by atoms with van der Waals surface area (Å²) in [7, 11) is 0. The van der Waals surface area contributed by atoms with E-state index in [0.717, 1.165) is 25.9 Å². The minimum Gasteiger partial charge on any atom is -0.390 e. The highest BCUT2D eigenvalue weighted by atomic mass is 16.5. The van der Waals surface area contributed by atoms with E-state index < -0.39 is 0 Å². The first kappa shape index (κ1) is 8.75. The third-order valence-corrected chi connectivity index (χ3v) is 2.01. The highest BCUT2D eigenvalue weighted by Crippen LogP contribution is 2.16. The Morgan fingerprint density at radius 2 is 2.45 bits per heavy atom. The van der Waals surface area contributed by atoms with Gasteiger partial charge >= 0.3 is 0 Å². The van der Waals surface area contributed by atoms with Crippen molar-refractivity contribution >= 4 is 0 Å². The molecular weight excluding hydrogens is 140 g/mol. The molecule has 2 heteroatoms. The molecule has 2 atom stereocenters. The Hall–Kier alpha value is -0.340. The molecule has 0 aromatic heterocycles. The van der Waals surface area contributed by atoms with Gasteiger partial charge in [0.05, 0.1) is 12.2 Å². The third-order valence-electron chi connectivity index (χ3n) is 2.01. The molecule has 0 aromatic carbocycles. The summed E-state index contributed by atoms with van der Waals surface area (Å²) < 4.78 is 5.39. The van der Waals surface area contributed by atoms with Gasteiger partial charge in [0.1, 0.15) is 0 Å². The topological polar surface area (TPSA) is 29.5 Å². The van der Waals surface area contributed by atoms with Gasteiger partial charge in [0.2, 0.25) is 0 Å². The predicted octanol–water partition coefficient (Wildman–Crippen LogP) is 1.49. The summed E-state index contributed by atoms with van der Waals surface area (Å²) in [6.07, 6.45) is 6.55. The van der Waals surface area contributed by atoms with Crippen LogP contribution in [0.3, 0.4) is 0 Å². The lowest BCUT2D eigenvalue weighted by atomic mass is 10.0. The van der Waals surface area contributed by atoms with E-state index in [1.165, 1.54) is 0 Å². The first-order chi connectivity index (χ1) is 5.34. The lowest BCUT2D eigenvalue weighted by Crippen LogP contribution is -2.33. The summed E-state index contributed by atoms with van der Waals surface area (Å²) in [4.78, 5) is 0. The number of aliphatic hydroxyl groups excluding tert-OH is 1. The van der Waals surface area contributed by atoms with Gasteiger partial charge in [-0.05, 0) is 26.2 Å². The average Bonchev–Trinajstić information content (AvgIpc) is 2.03. The first-order valence-electron chi connectivity index (χ1n) is 4.25. The molecule has 1 aliphatic rings.